The maximum Gasteiger partial charge on any atom is 0.296 e. The molecule has 1 saturated carbocycles. The summed E-state index contributed by atoms with van der Waals surface area (Å²) in [6, 6.07) is 14.8. The largest absolute Gasteiger partial charge is 0.382 e. The predicted molar refractivity (Wildman–Crippen MR) is 143 cm³/mol. The number of fused-ring (bicyclic) bond motifs is 1. The highest BCUT2D eigenvalue weighted by Crippen LogP contribution is 2.60. The molecule has 1 aliphatic carbocycles. The highest BCUT2D eigenvalue weighted by atomic mass is 32.2. The summed E-state index contributed by atoms with van der Waals surface area (Å²) in [6.07, 6.45) is 7.74. The fourth-order valence-electron chi connectivity index (χ4n) is 6.68. The quantitative estimate of drug-likeness (QED) is 0.379. The van der Waals surface area contributed by atoms with E-state index in [1.54, 1.807) is 24.3 Å². The molecule has 2 saturated heterocycles. The van der Waals surface area contributed by atoms with Crippen molar-refractivity contribution in [1.82, 2.24) is 0 Å². The zero-order valence-corrected chi connectivity index (χ0v) is 22.7. The van der Waals surface area contributed by atoms with Gasteiger partial charge in [0.1, 0.15) is 16.8 Å². The number of hydrogen-bond donors (Lipinski definition) is 1. The summed E-state index contributed by atoms with van der Waals surface area (Å²) in [5.74, 6) is 0. The number of hydrogen-bond acceptors (Lipinski definition) is 6. The Labute approximate surface area is 220 Å². The predicted octanol–water partition coefficient (Wildman–Crippen LogP) is 5.50. The van der Waals surface area contributed by atoms with E-state index in [1.165, 1.54) is 0 Å². The molecule has 0 aromatic heterocycles. The topological polar surface area (TPSA) is 82.1 Å². The van der Waals surface area contributed by atoms with Gasteiger partial charge in [-0.3, -0.25) is 4.18 Å². The van der Waals surface area contributed by atoms with Gasteiger partial charge in [0.2, 0.25) is 0 Å². The first-order valence-electron chi connectivity index (χ1n) is 13.4. The summed E-state index contributed by atoms with van der Waals surface area (Å²) in [5.41, 5.74) is 1.48. The molecular formula is C30H38O6S. The van der Waals surface area contributed by atoms with Crippen LogP contribution in [0.2, 0.25) is 0 Å². The zero-order chi connectivity index (χ0) is 26.2. The van der Waals surface area contributed by atoms with E-state index in [1.807, 2.05) is 19.1 Å². The fourth-order valence-corrected chi connectivity index (χ4v) is 7.62. The SMILES string of the molecule is Cc1ccc(S(=O)(=O)OCCC[C@]2(O)/C(=C/c3ccccc3C)CC[C@@]3(CCCO3)[C@@]23CCCO3)cc1. The van der Waals surface area contributed by atoms with Crippen LogP contribution in [-0.4, -0.2) is 50.1 Å². The van der Waals surface area contributed by atoms with Crippen molar-refractivity contribution in [2.24, 2.45) is 0 Å². The Morgan fingerprint density at radius 2 is 1.70 bits per heavy atom. The lowest BCUT2D eigenvalue weighted by Gasteiger charge is -2.58. The summed E-state index contributed by atoms with van der Waals surface area (Å²) in [5, 5.41) is 12.7. The Hall–Kier alpha value is -2.03. The minimum atomic E-state index is -3.87. The molecule has 0 radical (unpaired) electrons. The van der Waals surface area contributed by atoms with E-state index in [9.17, 15) is 13.5 Å². The zero-order valence-electron chi connectivity index (χ0n) is 21.9. The van der Waals surface area contributed by atoms with E-state index in [-0.39, 0.29) is 11.5 Å². The number of rotatable bonds is 7. The van der Waals surface area contributed by atoms with Gasteiger partial charge >= 0.3 is 0 Å². The number of aryl methyl sites for hydroxylation is 2. The van der Waals surface area contributed by atoms with Gasteiger partial charge in [-0.15, -0.1) is 0 Å². The average Bonchev–Trinajstić information content (AvgIpc) is 3.56. The second-order valence-electron chi connectivity index (χ2n) is 10.8. The maximum atomic E-state index is 12.7. The first-order valence-corrected chi connectivity index (χ1v) is 14.9. The van der Waals surface area contributed by atoms with E-state index in [2.05, 4.69) is 25.1 Å². The van der Waals surface area contributed by atoms with E-state index < -0.39 is 26.9 Å². The molecule has 0 amide bonds. The Balaban J connectivity index is 1.43. The summed E-state index contributed by atoms with van der Waals surface area (Å²) < 4.78 is 43.8. The smallest absolute Gasteiger partial charge is 0.296 e. The summed E-state index contributed by atoms with van der Waals surface area (Å²) in [6.45, 7) is 5.23. The van der Waals surface area contributed by atoms with Crippen molar-refractivity contribution in [3.8, 4) is 0 Å². The average molecular weight is 527 g/mol. The monoisotopic (exact) mass is 526 g/mol. The fraction of sp³-hybridized carbons (Fsp3) is 0.533. The third kappa shape index (κ3) is 4.70. The van der Waals surface area contributed by atoms with Crippen LogP contribution in [0, 0.1) is 13.8 Å². The van der Waals surface area contributed by atoms with E-state index >= 15 is 0 Å². The molecule has 2 aromatic carbocycles. The Morgan fingerprint density at radius 3 is 2.38 bits per heavy atom. The molecule has 2 aliphatic heterocycles. The first kappa shape index (κ1) is 26.6. The normalized spacial score (nSPS) is 31.1. The highest BCUT2D eigenvalue weighted by Gasteiger charge is 2.69. The van der Waals surface area contributed by atoms with Crippen LogP contribution in [0.25, 0.3) is 6.08 Å². The summed E-state index contributed by atoms with van der Waals surface area (Å²) in [4.78, 5) is 0.142. The van der Waals surface area contributed by atoms with Crippen LogP contribution < -0.4 is 0 Å². The molecule has 0 unspecified atom stereocenters. The molecule has 3 aliphatic rings. The van der Waals surface area contributed by atoms with E-state index in [4.69, 9.17) is 13.7 Å². The molecular weight excluding hydrogens is 488 g/mol. The van der Waals surface area contributed by atoms with Crippen molar-refractivity contribution in [3.05, 3.63) is 70.8 Å². The molecule has 3 fully saturated rings. The van der Waals surface area contributed by atoms with Gasteiger partial charge in [0.05, 0.1) is 11.5 Å². The molecule has 2 aromatic rings. The second kappa shape index (κ2) is 10.3. The molecule has 3 atom stereocenters. The lowest BCUT2D eigenvalue weighted by molar-refractivity contribution is -0.257. The van der Waals surface area contributed by atoms with Crippen molar-refractivity contribution in [2.75, 3.05) is 19.8 Å². The minimum Gasteiger partial charge on any atom is -0.382 e. The van der Waals surface area contributed by atoms with Crippen LogP contribution in [0.4, 0.5) is 0 Å². The van der Waals surface area contributed by atoms with Crippen molar-refractivity contribution >= 4 is 16.2 Å². The van der Waals surface area contributed by atoms with Gasteiger partial charge in [0, 0.05) is 13.2 Å². The van der Waals surface area contributed by atoms with Crippen LogP contribution in [0.1, 0.15) is 68.1 Å². The Kier molecular flexibility index (Phi) is 7.37. The molecule has 1 N–H and O–H groups in total. The van der Waals surface area contributed by atoms with Crippen LogP contribution in [0.5, 0.6) is 0 Å². The van der Waals surface area contributed by atoms with Gasteiger partial charge in [-0.2, -0.15) is 8.42 Å². The number of aliphatic hydroxyl groups is 1. The van der Waals surface area contributed by atoms with Crippen LogP contribution in [-0.2, 0) is 23.8 Å². The molecule has 0 bridgehead atoms. The molecule has 200 valence electrons. The van der Waals surface area contributed by atoms with Gasteiger partial charge in [-0.1, -0.05) is 48.0 Å². The summed E-state index contributed by atoms with van der Waals surface area (Å²) >= 11 is 0. The van der Waals surface area contributed by atoms with Crippen LogP contribution in [0.15, 0.2) is 59.0 Å². The van der Waals surface area contributed by atoms with Gasteiger partial charge in [-0.05, 0) is 94.0 Å². The standard InChI is InChI=1S/C30H38O6S/c1-23-10-12-27(13-11-23)37(32,33)36-21-6-16-29(31)26(22-25-9-4-3-8-24(25)2)14-18-28(15-5-19-34-28)30(29)17-7-20-35-30/h3-4,8-13,22,31H,5-7,14-21H2,1-2H3/b26-22+/t28-,29-,30-/m0/s1. The molecule has 5 rings (SSSR count). The first-order chi connectivity index (χ1) is 17.7. The lowest BCUT2D eigenvalue weighted by Crippen LogP contribution is -2.70. The molecule has 2 spiro atoms. The number of benzene rings is 2. The maximum absolute atomic E-state index is 12.7. The van der Waals surface area contributed by atoms with Gasteiger partial charge in [0.15, 0.2) is 0 Å². The van der Waals surface area contributed by atoms with Crippen LogP contribution in [0.3, 0.4) is 0 Å². The summed E-state index contributed by atoms with van der Waals surface area (Å²) in [7, 11) is -3.87. The Morgan fingerprint density at radius 1 is 0.973 bits per heavy atom. The third-order valence-corrected chi connectivity index (χ3v) is 9.93. The lowest BCUT2D eigenvalue weighted by atomic mass is 9.57. The number of ether oxygens (including phenoxy) is 2. The second-order valence-corrected chi connectivity index (χ2v) is 12.4. The third-order valence-electron chi connectivity index (χ3n) is 8.61. The van der Waals surface area contributed by atoms with Crippen molar-refractivity contribution in [3.63, 3.8) is 0 Å². The highest BCUT2D eigenvalue weighted by molar-refractivity contribution is 7.86. The van der Waals surface area contributed by atoms with Crippen molar-refractivity contribution in [2.45, 2.75) is 86.9 Å². The van der Waals surface area contributed by atoms with Gasteiger partial charge in [0.25, 0.3) is 10.1 Å². The van der Waals surface area contributed by atoms with Crippen molar-refractivity contribution < 1.29 is 27.2 Å². The van der Waals surface area contributed by atoms with Crippen LogP contribution >= 0.6 is 0 Å². The molecule has 7 heteroatoms. The van der Waals surface area contributed by atoms with Gasteiger partial charge < -0.3 is 14.6 Å². The van der Waals surface area contributed by atoms with E-state index in [0.29, 0.717) is 32.5 Å². The minimum absolute atomic E-state index is 0.0138. The van der Waals surface area contributed by atoms with Gasteiger partial charge in [-0.25, -0.2) is 0 Å². The molecule has 37 heavy (non-hydrogen) atoms. The molecule has 6 nitrogen and oxygen atoms in total. The van der Waals surface area contributed by atoms with E-state index in [0.717, 1.165) is 54.4 Å². The molecule has 2 heterocycles. The van der Waals surface area contributed by atoms with Crippen molar-refractivity contribution in [1.29, 1.82) is 0 Å². The Bertz CT molecular complexity index is 1240.